The quantitative estimate of drug-likeness (QED) is 0.870. The zero-order valence-electron chi connectivity index (χ0n) is 14.8. The van der Waals surface area contributed by atoms with Crippen LogP contribution in [0, 0.1) is 0 Å². The second-order valence-corrected chi connectivity index (χ2v) is 6.26. The van der Waals surface area contributed by atoms with Crippen molar-refractivity contribution in [1.29, 1.82) is 0 Å². The first-order valence-corrected chi connectivity index (χ1v) is 8.17. The maximum absolute atomic E-state index is 12.7. The Bertz CT molecular complexity index is 809. The topological polar surface area (TPSA) is 96.2 Å². The van der Waals surface area contributed by atoms with Crippen LogP contribution in [0.1, 0.15) is 44.0 Å². The number of rotatable bonds is 4. The summed E-state index contributed by atoms with van der Waals surface area (Å²) in [7, 11) is 1.84. The third-order valence-corrected chi connectivity index (χ3v) is 4.61. The highest BCUT2D eigenvalue weighted by atomic mass is 16.3. The Kier molecular flexibility index (Phi) is 4.54. The molecule has 0 aliphatic carbocycles. The van der Waals surface area contributed by atoms with Crippen LogP contribution in [-0.4, -0.2) is 38.3 Å². The molecule has 1 aliphatic heterocycles. The lowest BCUT2D eigenvalue weighted by Gasteiger charge is -2.30. The molecule has 25 heavy (non-hydrogen) atoms. The predicted molar refractivity (Wildman–Crippen MR) is 92.6 cm³/mol. The number of nitrogens with zero attached hydrogens (tertiary/aromatic N) is 5. The maximum Gasteiger partial charge on any atom is 0.251 e. The van der Waals surface area contributed by atoms with Crippen LogP contribution >= 0.6 is 0 Å². The fraction of sp³-hybridized carbons (Fsp3) is 0.412. The first-order valence-electron chi connectivity index (χ1n) is 8.17. The van der Waals surface area contributed by atoms with E-state index in [1.165, 1.54) is 0 Å². The molecule has 2 heterocycles. The molecular formula is C17H22N6O2. The van der Waals surface area contributed by atoms with Crippen molar-refractivity contribution >= 4 is 11.9 Å². The summed E-state index contributed by atoms with van der Waals surface area (Å²) in [5, 5.41) is 24.2. The predicted octanol–water partition coefficient (Wildman–Crippen LogP) is 1.33. The molecule has 1 aromatic carbocycles. The van der Waals surface area contributed by atoms with E-state index in [0.29, 0.717) is 18.1 Å². The second-order valence-electron chi connectivity index (χ2n) is 6.26. The van der Waals surface area contributed by atoms with Crippen LogP contribution in [-0.2, 0) is 11.3 Å². The number of nitrogens with one attached hydrogen (secondary N) is 1. The van der Waals surface area contributed by atoms with Crippen LogP contribution in [0.2, 0.25) is 0 Å². The number of anilines is 1. The SMILES string of the molecule is CC1=C(C(=O)NCc2ccc(C(C)O)cc2)C(C)n2nnnc2N1C. The molecular weight excluding hydrogens is 320 g/mol. The normalized spacial score (nSPS) is 18.1. The monoisotopic (exact) mass is 342 g/mol. The van der Waals surface area contributed by atoms with E-state index in [-0.39, 0.29) is 11.9 Å². The van der Waals surface area contributed by atoms with E-state index >= 15 is 0 Å². The number of amides is 1. The standard InChI is InChI=1S/C17H22N6O2/c1-10-15(11(2)23-17(22(10)4)19-20-21-23)16(25)18-9-13-5-7-14(8-6-13)12(3)24/h5-8,11-12,24H,9H2,1-4H3,(H,18,25). The Morgan fingerprint density at radius 1 is 1.36 bits per heavy atom. The number of fused-ring (bicyclic) bond motifs is 1. The van der Waals surface area contributed by atoms with Gasteiger partial charge in [0, 0.05) is 19.3 Å². The molecule has 0 fully saturated rings. The largest absolute Gasteiger partial charge is 0.389 e. The Morgan fingerprint density at radius 2 is 2.04 bits per heavy atom. The first-order chi connectivity index (χ1) is 11.9. The molecule has 1 aromatic heterocycles. The number of aliphatic hydroxyl groups excluding tert-OH is 1. The van der Waals surface area contributed by atoms with E-state index < -0.39 is 6.10 Å². The average molecular weight is 342 g/mol. The molecule has 0 saturated carbocycles. The number of benzene rings is 1. The minimum absolute atomic E-state index is 0.141. The Labute approximate surface area is 146 Å². The van der Waals surface area contributed by atoms with E-state index in [1.54, 1.807) is 11.6 Å². The highest BCUT2D eigenvalue weighted by Crippen LogP contribution is 2.31. The minimum atomic E-state index is -0.499. The third-order valence-electron chi connectivity index (χ3n) is 4.61. The molecule has 8 nitrogen and oxygen atoms in total. The van der Waals surface area contributed by atoms with Crippen molar-refractivity contribution in [1.82, 2.24) is 25.5 Å². The van der Waals surface area contributed by atoms with Crippen molar-refractivity contribution in [2.45, 2.75) is 39.5 Å². The summed E-state index contributed by atoms with van der Waals surface area (Å²) in [4.78, 5) is 14.5. The molecule has 2 aromatic rings. The Morgan fingerprint density at radius 3 is 2.68 bits per heavy atom. The van der Waals surface area contributed by atoms with Crippen LogP contribution in [0.25, 0.3) is 0 Å². The summed E-state index contributed by atoms with van der Waals surface area (Å²) in [6, 6.07) is 7.29. The van der Waals surface area contributed by atoms with Gasteiger partial charge in [0.2, 0.25) is 5.95 Å². The van der Waals surface area contributed by atoms with Crippen molar-refractivity contribution in [3.63, 3.8) is 0 Å². The van der Waals surface area contributed by atoms with E-state index in [1.807, 2.05) is 50.1 Å². The van der Waals surface area contributed by atoms with Gasteiger partial charge >= 0.3 is 0 Å². The number of tetrazole rings is 1. The van der Waals surface area contributed by atoms with Crippen molar-refractivity contribution in [2.75, 3.05) is 11.9 Å². The van der Waals surface area contributed by atoms with E-state index in [2.05, 4.69) is 20.8 Å². The summed E-state index contributed by atoms with van der Waals surface area (Å²) >= 11 is 0. The zero-order valence-corrected chi connectivity index (χ0v) is 14.8. The van der Waals surface area contributed by atoms with Crippen LogP contribution in [0.5, 0.6) is 0 Å². The first kappa shape index (κ1) is 17.1. The number of carbonyl (C=O) groups is 1. The molecule has 2 N–H and O–H groups in total. The van der Waals surface area contributed by atoms with Gasteiger partial charge in [0.15, 0.2) is 0 Å². The molecule has 132 valence electrons. The number of hydrogen-bond donors (Lipinski definition) is 2. The summed E-state index contributed by atoms with van der Waals surface area (Å²) in [5.74, 6) is 0.480. The van der Waals surface area contributed by atoms with Gasteiger partial charge in [0.1, 0.15) is 0 Å². The number of hydrogen-bond acceptors (Lipinski definition) is 6. The molecule has 1 amide bonds. The average Bonchev–Trinajstić information content (AvgIpc) is 3.09. The van der Waals surface area contributed by atoms with Gasteiger partial charge in [-0.3, -0.25) is 4.79 Å². The van der Waals surface area contributed by atoms with Crippen molar-refractivity contribution in [3.8, 4) is 0 Å². The lowest BCUT2D eigenvalue weighted by atomic mass is 10.0. The second kappa shape index (κ2) is 6.64. The Hall–Kier alpha value is -2.74. The zero-order chi connectivity index (χ0) is 18.1. The van der Waals surface area contributed by atoms with Gasteiger partial charge in [-0.05, 0) is 42.3 Å². The number of allylic oxidation sites excluding steroid dienone is 1. The lowest BCUT2D eigenvalue weighted by molar-refractivity contribution is -0.118. The van der Waals surface area contributed by atoms with Gasteiger partial charge in [-0.25, -0.2) is 4.68 Å². The van der Waals surface area contributed by atoms with Crippen molar-refractivity contribution in [3.05, 3.63) is 46.7 Å². The Balaban J connectivity index is 1.73. The smallest absolute Gasteiger partial charge is 0.251 e. The number of aromatic nitrogens is 4. The van der Waals surface area contributed by atoms with Gasteiger partial charge in [-0.2, -0.15) is 0 Å². The van der Waals surface area contributed by atoms with E-state index in [4.69, 9.17) is 0 Å². The highest BCUT2D eigenvalue weighted by molar-refractivity contribution is 5.96. The molecule has 0 spiro atoms. The number of aliphatic hydroxyl groups is 1. The van der Waals surface area contributed by atoms with E-state index in [9.17, 15) is 9.90 Å². The third kappa shape index (κ3) is 3.12. The van der Waals surface area contributed by atoms with Gasteiger partial charge in [0.25, 0.3) is 5.91 Å². The van der Waals surface area contributed by atoms with E-state index in [0.717, 1.165) is 16.8 Å². The molecule has 2 atom stereocenters. The van der Waals surface area contributed by atoms with Gasteiger partial charge < -0.3 is 15.3 Å². The fourth-order valence-corrected chi connectivity index (χ4v) is 2.96. The van der Waals surface area contributed by atoms with Crippen molar-refractivity contribution in [2.24, 2.45) is 0 Å². The maximum atomic E-state index is 12.7. The molecule has 1 aliphatic rings. The van der Waals surface area contributed by atoms with Crippen LogP contribution in [0.15, 0.2) is 35.5 Å². The molecule has 8 heteroatoms. The highest BCUT2D eigenvalue weighted by Gasteiger charge is 2.32. The van der Waals surface area contributed by atoms with Crippen LogP contribution < -0.4 is 10.2 Å². The summed E-state index contributed by atoms with van der Waals surface area (Å²) in [5.41, 5.74) is 3.29. The minimum Gasteiger partial charge on any atom is -0.389 e. The number of carbonyl (C=O) groups excluding carboxylic acids is 1. The molecule has 2 unspecified atom stereocenters. The summed E-state index contributed by atoms with van der Waals surface area (Å²) in [6.45, 7) is 5.93. The van der Waals surface area contributed by atoms with Crippen LogP contribution in [0.4, 0.5) is 5.95 Å². The van der Waals surface area contributed by atoms with Crippen LogP contribution in [0.3, 0.4) is 0 Å². The summed E-state index contributed by atoms with van der Waals surface area (Å²) in [6.07, 6.45) is -0.499. The van der Waals surface area contributed by atoms with Gasteiger partial charge in [-0.1, -0.05) is 29.4 Å². The molecule has 0 radical (unpaired) electrons. The lowest BCUT2D eigenvalue weighted by Crippen LogP contribution is -2.36. The fourth-order valence-electron chi connectivity index (χ4n) is 2.96. The summed E-state index contributed by atoms with van der Waals surface area (Å²) < 4.78 is 1.64. The van der Waals surface area contributed by atoms with Crippen molar-refractivity contribution < 1.29 is 9.90 Å². The molecule has 3 rings (SSSR count). The van der Waals surface area contributed by atoms with Gasteiger partial charge in [0.05, 0.1) is 17.7 Å². The molecule has 0 saturated heterocycles. The van der Waals surface area contributed by atoms with Gasteiger partial charge in [-0.15, -0.1) is 0 Å². The molecule has 0 bridgehead atoms.